The first-order valence-corrected chi connectivity index (χ1v) is 8.10. The highest BCUT2D eigenvalue weighted by Gasteiger charge is 2.32. The highest BCUT2D eigenvalue weighted by molar-refractivity contribution is 6.04. The van der Waals surface area contributed by atoms with Crippen molar-refractivity contribution in [2.45, 2.75) is 38.1 Å². The molecule has 0 aliphatic heterocycles. The number of anilines is 1. The van der Waals surface area contributed by atoms with Gasteiger partial charge in [0.2, 0.25) is 5.91 Å². The Hall–Kier alpha value is -1.88. The summed E-state index contributed by atoms with van der Waals surface area (Å²) < 4.78 is 0. The molecular weight excluding hydrogens is 278 g/mol. The summed E-state index contributed by atoms with van der Waals surface area (Å²) in [7, 11) is 0. The summed E-state index contributed by atoms with van der Waals surface area (Å²) in [6.07, 6.45) is 5.02. The Labute approximate surface area is 130 Å². The number of rotatable bonds is 5. The van der Waals surface area contributed by atoms with Crippen LogP contribution in [0.1, 0.15) is 42.5 Å². The molecule has 2 aliphatic rings. The monoisotopic (exact) mass is 301 g/mol. The van der Waals surface area contributed by atoms with Crippen LogP contribution in [-0.4, -0.2) is 24.4 Å². The van der Waals surface area contributed by atoms with Crippen molar-refractivity contribution in [3.05, 3.63) is 29.8 Å². The molecule has 4 N–H and O–H groups in total. The number of hydrogen-bond donors (Lipinski definition) is 3. The molecule has 0 unspecified atom stereocenters. The standard InChI is InChI=1S/C17H23N3O2/c18-10-11-4-3-6-13(11)16(21)20-15-7-2-1-5-14(15)17(22)19-12-8-9-12/h1-2,5,7,11-13H,3-4,6,8-10,18H2,(H,19,22)(H,20,21)/t11-,13-/m1/s1. The molecule has 2 atom stereocenters. The van der Waals surface area contributed by atoms with E-state index in [2.05, 4.69) is 10.6 Å². The Bertz CT molecular complexity index is 569. The second-order valence-corrected chi connectivity index (χ2v) is 6.32. The highest BCUT2D eigenvalue weighted by atomic mass is 16.2. The Morgan fingerprint density at radius 1 is 1.14 bits per heavy atom. The van der Waals surface area contributed by atoms with Gasteiger partial charge in [0.15, 0.2) is 0 Å². The predicted octanol–water partition coefficient (Wildman–Crippen LogP) is 1.89. The van der Waals surface area contributed by atoms with Crippen LogP contribution in [0.3, 0.4) is 0 Å². The number of amides is 2. The van der Waals surface area contributed by atoms with Crippen LogP contribution < -0.4 is 16.4 Å². The van der Waals surface area contributed by atoms with E-state index >= 15 is 0 Å². The van der Waals surface area contributed by atoms with E-state index in [1.165, 1.54) is 0 Å². The molecule has 118 valence electrons. The zero-order chi connectivity index (χ0) is 15.5. The van der Waals surface area contributed by atoms with Crippen molar-refractivity contribution in [3.63, 3.8) is 0 Å². The van der Waals surface area contributed by atoms with Gasteiger partial charge in [-0.15, -0.1) is 0 Å². The molecule has 1 aromatic carbocycles. The summed E-state index contributed by atoms with van der Waals surface area (Å²) >= 11 is 0. The van der Waals surface area contributed by atoms with Gasteiger partial charge < -0.3 is 16.4 Å². The van der Waals surface area contributed by atoms with Crippen molar-refractivity contribution in [1.82, 2.24) is 5.32 Å². The third-order valence-corrected chi connectivity index (χ3v) is 4.64. The van der Waals surface area contributed by atoms with Gasteiger partial charge in [-0.25, -0.2) is 0 Å². The lowest BCUT2D eigenvalue weighted by molar-refractivity contribution is -0.120. The van der Waals surface area contributed by atoms with Crippen LogP contribution in [0, 0.1) is 11.8 Å². The summed E-state index contributed by atoms with van der Waals surface area (Å²) in [4.78, 5) is 24.8. The van der Waals surface area contributed by atoms with Gasteiger partial charge in [-0.1, -0.05) is 18.6 Å². The molecule has 2 aliphatic carbocycles. The van der Waals surface area contributed by atoms with Crippen LogP contribution in [-0.2, 0) is 4.79 Å². The van der Waals surface area contributed by atoms with Crippen molar-refractivity contribution in [3.8, 4) is 0 Å². The van der Waals surface area contributed by atoms with Crippen LogP contribution in [0.25, 0.3) is 0 Å². The van der Waals surface area contributed by atoms with Crippen LogP contribution in [0.15, 0.2) is 24.3 Å². The Morgan fingerprint density at radius 2 is 1.91 bits per heavy atom. The largest absolute Gasteiger partial charge is 0.349 e. The first kappa shape index (κ1) is 15.0. The van der Waals surface area contributed by atoms with E-state index in [-0.39, 0.29) is 23.7 Å². The molecule has 5 heteroatoms. The minimum Gasteiger partial charge on any atom is -0.349 e. The van der Waals surface area contributed by atoms with Gasteiger partial charge in [-0.2, -0.15) is 0 Å². The van der Waals surface area contributed by atoms with Gasteiger partial charge >= 0.3 is 0 Å². The fourth-order valence-corrected chi connectivity index (χ4v) is 3.17. The molecule has 0 saturated heterocycles. The molecule has 0 heterocycles. The second kappa shape index (κ2) is 6.48. The van der Waals surface area contributed by atoms with E-state index in [1.54, 1.807) is 12.1 Å². The SMILES string of the molecule is NC[C@H]1CCC[C@H]1C(=O)Nc1ccccc1C(=O)NC1CC1. The molecule has 0 spiro atoms. The average Bonchev–Trinajstić information content (AvgIpc) is 3.20. The highest BCUT2D eigenvalue weighted by Crippen LogP contribution is 2.32. The summed E-state index contributed by atoms with van der Waals surface area (Å²) in [5, 5.41) is 5.90. The smallest absolute Gasteiger partial charge is 0.253 e. The molecule has 2 fully saturated rings. The van der Waals surface area contributed by atoms with E-state index in [9.17, 15) is 9.59 Å². The van der Waals surface area contributed by atoms with Crippen LogP contribution in [0.4, 0.5) is 5.69 Å². The quantitative estimate of drug-likeness (QED) is 0.776. The van der Waals surface area contributed by atoms with Gasteiger partial charge in [0, 0.05) is 12.0 Å². The topological polar surface area (TPSA) is 84.2 Å². The fraction of sp³-hybridized carbons (Fsp3) is 0.529. The normalized spacial score (nSPS) is 24.0. The van der Waals surface area contributed by atoms with E-state index in [4.69, 9.17) is 5.73 Å². The molecule has 2 saturated carbocycles. The minimum atomic E-state index is -0.111. The lowest BCUT2D eigenvalue weighted by Crippen LogP contribution is -2.31. The lowest BCUT2D eigenvalue weighted by Gasteiger charge is -2.18. The van der Waals surface area contributed by atoms with Crippen LogP contribution >= 0.6 is 0 Å². The molecule has 1 aromatic rings. The fourth-order valence-electron chi connectivity index (χ4n) is 3.17. The molecule has 3 rings (SSSR count). The van der Waals surface area contributed by atoms with Gasteiger partial charge in [0.25, 0.3) is 5.91 Å². The van der Waals surface area contributed by atoms with Gasteiger partial charge in [-0.05, 0) is 50.3 Å². The number of carbonyl (C=O) groups is 2. The molecule has 22 heavy (non-hydrogen) atoms. The number of hydrogen-bond acceptors (Lipinski definition) is 3. The summed E-state index contributed by atoms with van der Waals surface area (Å²) in [5.41, 5.74) is 6.87. The zero-order valence-electron chi connectivity index (χ0n) is 12.7. The van der Waals surface area contributed by atoms with E-state index < -0.39 is 0 Å². The first-order chi connectivity index (χ1) is 10.7. The Balaban J connectivity index is 1.71. The van der Waals surface area contributed by atoms with Crippen molar-refractivity contribution in [1.29, 1.82) is 0 Å². The molecule has 2 amide bonds. The van der Waals surface area contributed by atoms with Crippen LogP contribution in [0.5, 0.6) is 0 Å². The predicted molar refractivity (Wildman–Crippen MR) is 85.4 cm³/mol. The maximum atomic E-state index is 12.5. The Morgan fingerprint density at radius 3 is 2.64 bits per heavy atom. The second-order valence-electron chi connectivity index (χ2n) is 6.32. The lowest BCUT2D eigenvalue weighted by atomic mass is 9.95. The molecule has 0 bridgehead atoms. The van der Waals surface area contributed by atoms with E-state index in [0.29, 0.717) is 23.8 Å². The third-order valence-electron chi connectivity index (χ3n) is 4.64. The molecule has 5 nitrogen and oxygen atoms in total. The number of benzene rings is 1. The van der Waals surface area contributed by atoms with Gasteiger partial charge in [0.1, 0.15) is 0 Å². The first-order valence-electron chi connectivity index (χ1n) is 8.10. The molecule has 0 radical (unpaired) electrons. The van der Waals surface area contributed by atoms with Gasteiger partial charge in [-0.3, -0.25) is 9.59 Å². The average molecular weight is 301 g/mol. The Kier molecular flexibility index (Phi) is 4.43. The van der Waals surface area contributed by atoms with Crippen molar-refractivity contribution in [2.75, 3.05) is 11.9 Å². The van der Waals surface area contributed by atoms with Crippen molar-refractivity contribution >= 4 is 17.5 Å². The van der Waals surface area contributed by atoms with Crippen molar-refractivity contribution < 1.29 is 9.59 Å². The maximum Gasteiger partial charge on any atom is 0.253 e. The number of carbonyl (C=O) groups excluding carboxylic acids is 2. The zero-order valence-corrected chi connectivity index (χ0v) is 12.7. The summed E-state index contributed by atoms with van der Waals surface area (Å²) in [6, 6.07) is 7.48. The number of para-hydroxylation sites is 1. The van der Waals surface area contributed by atoms with Crippen molar-refractivity contribution in [2.24, 2.45) is 17.6 Å². The molecular formula is C17H23N3O2. The summed E-state index contributed by atoms with van der Waals surface area (Å²) in [5.74, 6) is 0.0943. The number of nitrogens with one attached hydrogen (secondary N) is 2. The van der Waals surface area contributed by atoms with Gasteiger partial charge in [0.05, 0.1) is 11.3 Å². The number of nitrogens with two attached hydrogens (primary N) is 1. The molecule has 0 aromatic heterocycles. The maximum absolute atomic E-state index is 12.5. The summed E-state index contributed by atoms with van der Waals surface area (Å²) in [6.45, 7) is 0.544. The van der Waals surface area contributed by atoms with E-state index in [0.717, 1.165) is 32.1 Å². The van der Waals surface area contributed by atoms with E-state index in [1.807, 2.05) is 12.1 Å². The van der Waals surface area contributed by atoms with Crippen LogP contribution in [0.2, 0.25) is 0 Å². The third kappa shape index (κ3) is 3.30. The minimum absolute atomic E-state index is 0.0142.